The molecule has 4 aliphatic carbocycles. The highest BCUT2D eigenvalue weighted by molar-refractivity contribution is 5.96. The summed E-state index contributed by atoms with van der Waals surface area (Å²) in [5.41, 5.74) is 29.2. The van der Waals surface area contributed by atoms with E-state index in [1.807, 2.05) is 12.4 Å². The number of hydrogen-bond acceptors (Lipinski definition) is 2. The first kappa shape index (κ1) is 59.0. The van der Waals surface area contributed by atoms with E-state index in [0.29, 0.717) is 23.7 Å². The molecule has 4 aliphatic rings. The molecule has 0 fully saturated rings. The first-order valence-electron chi connectivity index (χ1n) is 34.3. The highest BCUT2D eigenvalue weighted by Crippen LogP contribution is 2.64. The number of fused-ring (bicyclic) bond motifs is 16. The van der Waals surface area contributed by atoms with Crippen molar-refractivity contribution in [3.8, 4) is 67.0 Å². The zero-order valence-electron chi connectivity index (χ0n) is 53.7. The summed E-state index contributed by atoms with van der Waals surface area (Å²) in [6, 6.07) is 54.3. The van der Waals surface area contributed by atoms with E-state index in [1.54, 1.807) is 22.3 Å². The standard InChI is InChI=1S/C83H98N2/c1-11-19-25-57(15-5)51-81(52-58(16-6)26-20-12-2)73-45-55(9)31-37-65(73)67-39-33-61(47-75(67)81)63-35-41-69-70-42-36-64(50-78(70)83(77(69)49-63)71-29-23-43-84-79(71)80-72(83)30-24-44-85-80)62-34-40-68-66-38-32-56(10)46-74(66)82(76(68)48-62,53-59(17-7)27-21-13-3)54-60(18-8)28-22-14-4/h23-24,29-50,57-60H,11-22,25-28,51-54H2,1-10H3. The van der Waals surface area contributed by atoms with Crippen LogP contribution in [0.15, 0.2) is 146 Å². The van der Waals surface area contributed by atoms with E-state index in [9.17, 15) is 0 Å². The van der Waals surface area contributed by atoms with Gasteiger partial charge in [0.05, 0.1) is 16.8 Å². The maximum Gasteiger partial charge on any atom is 0.0937 e. The number of nitrogens with zero attached hydrogens (tertiary/aromatic N) is 2. The van der Waals surface area contributed by atoms with Crippen LogP contribution in [0.1, 0.15) is 239 Å². The Morgan fingerprint density at radius 2 is 0.600 bits per heavy atom. The lowest BCUT2D eigenvalue weighted by atomic mass is 9.64. The Morgan fingerprint density at radius 3 is 0.906 bits per heavy atom. The maximum absolute atomic E-state index is 5.22. The summed E-state index contributed by atoms with van der Waals surface area (Å²) in [7, 11) is 0. The van der Waals surface area contributed by atoms with E-state index >= 15 is 0 Å². The molecule has 4 atom stereocenters. The van der Waals surface area contributed by atoms with E-state index in [1.165, 1.54) is 217 Å². The van der Waals surface area contributed by atoms with Crippen LogP contribution in [-0.2, 0) is 16.2 Å². The lowest BCUT2D eigenvalue weighted by Crippen LogP contribution is -2.31. The van der Waals surface area contributed by atoms with Crippen LogP contribution in [0.5, 0.6) is 0 Å². The third-order valence-corrected chi connectivity index (χ3v) is 22.2. The molecule has 12 rings (SSSR count). The van der Waals surface area contributed by atoms with Gasteiger partial charge in [-0.3, -0.25) is 9.97 Å². The van der Waals surface area contributed by atoms with Gasteiger partial charge in [-0.2, -0.15) is 0 Å². The molecule has 2 nitrogen and oxygen atoms in total. The van der Waals surface area contributed by atoms with E-state index in [-0.39, 0.29) is 10.8 Å². The first-order chi connectivity index (χ1) is 41.5. The Balaban J connectivity index is 1.03. The summed E-state index contributed by atoms with van der Waals surface area (Å²) < 4.78 is 0. The summed E-state index contributed by atoms with van der Waals surface area (Å²) in [6.45, 7) is 24.0. The zero-order valence-corrected chi connectivity index (χ0v) is 53.7. The van der Waals surface area contributed by atoms with Crippen LogP contribution in [-0.4, -0.2) is 9.97 Å². The molecule has 0 amide bonds. The Kier molecular flexibility index (Phi) is 17.2. The number of unbranched alkanes of at least 4 members (excludes halogenated alkanes) is 4. The van der Waals surface area contributed by atoms with Crippen molar-refractivity contribution in [2.24, 2.45) is 23.7 Å². The molecule has 0 saturated heterocycles. The molecule has 440 valence electrons. The molecule has 2 heterocycles. The molecule has 2 heteroatoms. The van der Waals surface area contributed by atoms with E-state index < -0.39 is 5.41 Å². The molecule has 0 N–H and O–H groups in total. The Morgan fingerprint density at radius 1 is 0.318 bits per heavy atom. The summed E-state index contributed by atoms with van der Waals surface area (Å²) >= 11 is 0. The smallest absolute Gasteiger partial charge is 0.0937 e. The van der Waals surface area contributed by atoms with Gasteiger partial charge < -0.3 is 0 Å². The molecule has 0 aliphatic heterocycles. The van der Waals surface area contributed by atoms with Gasteiger partial charge in [-0.1, -0.05) is 266 Å². The highest BCUT2D eigenvalue weighted by Gasteiger charge is 2.54. The highest BCUT2D eigenvalue weighted by atomic mass is 14.8. The number of rotatable bonds is 26. The fraction of sp³-hybridized carbons (Fsp3) is 0.446. The van der Waals surface area contributed by atoms with Crippen molar-refractivity contribution in [2.45, 2.75) is 214 Å². The Bertz CT molecular complexity index is 3420. The summed E-state index contributed by atoms with van der Waals surface area (Å²) in [5.74, 6) is 2.69. The van der Waals surface area contributed by atoms with Crippen LogP contribution in [0.3, 0.4) is 0 Å². The number of hydrogen-bond donors (Lipinski definition) is 0. The van der Waals surface area contributed by atoms with Gasteiger partial charge in [-0.05, 0) is 200 Å². The van der Waals surface area contributed by atoms with Crippen molar-refractivity contribution in [3.05, 3.63) is 201 Å². The molecular weight excluding hydrogens is 1020 g/mol. The second-order valence-corrected chi connectivity index (χ2v) is 27.3. The molecule has 6 aromatic carbocycles. The summed E-state index contributed by atoms with van der Waals surface area (Å²) in [6.07, 6.45) is 29.1. The molecule has 85 heavy (non-hydrogen) atoms. The average molecular weight is 1120 g/mol. The molecule has 0 bridgehead atoms. The van der Waals surface area contributed by atoms with Gasteiger partial charge in [0.15, 0.2) is 0 Å². The molecular formula is C83H98N2. The monoisotopic (exact) mass is 1120 g/mol. The van der Waals surface area contributed by atoms with Crippen LogP contribution in [0.25, 0.3) is 67.0 Å². The minimum absolute atomic E-state index is 0.0424. The van der Waals surface area contributed by atoms with E-state index in [4.69, 9.17) is 9.97 Å². The molecule has 4 unspecified atom stereocenters. The minimum atomic E-state index is -0.602. The third kappa shape index (κ3) is 10.1. The first-order valence-corrected chi connectivity index (χ1v) is 34.3. The van der Waals surface area contributed by atoms with Crippen LogP contribution >= 0.6 is 0 Å². The average Bonchev–Trinajstić information content (AvgIpc) is 1.55. The van der Waals surface area contributed by atoms with Gasteiger partial charge in [0.25, 0.3) is 0 Å². The van der Waals surface area contributed by atoms with Gasteiger partial charge in [-0.15, -0.1) is 0 Å². The fourth-order valence-corrected chi connectivity index (χ4v) is 17.6. The van der Waals surface area contributed by atoms with E-state index in [0.717, 1.165) is 11.4 Å². The number of aryl methyl sites for hydroxylation is 2. The summed E-state index contributed by atoms with van der Waals surface area (Å²) in [5, 5.41) is 0. The molecule has 0 saturated carbocycles. The second-order valence-electron chi connectivity index (χ2n) is 27.3. The molecule has 2 aromatic heterocycles. The Labute approximate surface area is 513 Å². The third-order valence-electron chi connectivity index (χ3n) is 22.2. The van der Waals surface area contributed by atoms with Crippen molar-refractivity contribution < 1.29 is 0 Å². The van der Waals surface area contributed by atoms with Crippen molar-refractivity contribution in [3.63, 3.8) is 0 Å². The number of benzene rings is 6. The molecule has 1 spiro atoms. The maximum atomic E-state index is 5.22. The van der Waals surface area contributed by atoms with Gasteiger partial charge >= 0.3 is 0 Å². The second kappa shape index (κ2) is 24.8. The SMILES string of the molecule is CCCCC(CC)CC1(CC(CC)CCCC)c2cc(C)ccc2-c2ccc(-c3ccc4c(c3)C3(c5cc(-c6ccc7c(c6)C(CC(CC)CCCC)(CC(CC)CCCC)c6cc(C)ccc6-7)ccc5-4)c4cccnc4-c4ncccc43)cc21. The topological polar surface area (TPSA) is 25.8 Å². The normalized spacial score (nSPS) is 18.5. The van der Waals surface area contributed by atoms with Crippen LogP contribution in [0, 0.1) is 37.5 Å². The largest absolute Gasteiger partial charge is 0.254 e. The zero-order chi connectivity index (χ0) is 59.0. The van der Waals surface area contributed by atoms with Gasteiger partial charge in [-0.25, -0.2) is 0 Å². The lowest BCUT2D eigenvalue weighted by Gasteiger charge is -2.39. The van der Waals surface area contributed by atoms with Crippen molar-refractivity contribution in [1.29, 1.82) is 0 Å². The Hall–Kier alpha value is -6.38. The molecule has 8 aromatic rings. The minimum Gasteiger partial charge on any atom is -0.254 e. The van der Waals surface area contributed by atoms with E-state index in [2.05, 4.69) is 203 Å². The summed E-state index contributed by atoms with van der Waals surface area (Å²) in [4.78, 5) is 10.4. The number of pyridine rings is 2. The van der Waals surface area contributed by atoms with Crippen LogP contribution in [0.4, 0.5) is 0 Å². The van der Waals surface area contributed by atoms with Gasteiger partial charge in [0, 0.05) is 23.2 Å². The predicted octanol–water partition coefficient (Wildman–Crippen LogP) is 23.7. The van der Waals surface area contributed by atoms with Crippen molar-refractivity contribution >= 4 is 0 Å². The predicted molar refractivity (Wildman–Crippen MR) is 363 cm³/mol. The van der Waals surface area contributed by atoms with Crippen LogP contribution < -0.4 is 0 Å². The fourth-order valence-electron chi connectivity index (χ4n) is 17.6. The van der Waals surface area contributed by atoms with Gasteiger partial charge in [0.1, 0.15) is 0 Å². The molecule has 0 radical (unpaired) electrons. The van der Waals surface area contributed by atoms with Crippen molar-refractivity contribution in [2.75, 3.05) is 0 Å². The lowest BCUT2D eigenvalue weighted by molar-refractivity contribution is 0.266. The quantitative estimate of drug-likeness (QED) is 0.0540. The van der Waals surface area contributed by atoms with Gasteiger partial charge in [0.2, 0.25) is 0 Å². The van der Waals surface area contributed by atoms with Crippen LogP contribution in [0.2, 0.25) is 0 Å². The van der Waals surface area contributed by atoms with Crippen molar-refractivity contribution in [1.82, 2.24) is 9.97 Å². The number of aromatic nitrogens is 2.